The number of ether oxygens (including phenoxy) is 1. The van der Waals surface area contributed by atoms with Crippen molar-refractivity contribution in [3.63, 3.8) is 0 Å². The van der Waals surface area contributed by atoms with Gasteiger partial charge in [0.1, 0.15) is 6.61 Å². The minimum Gasteiger partial charge on any atom is -0.377 e. The van der Waals surface area contributed by atoms with E-state index < -0.39 is 0 Å². The molecule has 0 radical (unpaired) electrons. The summed E-state index contributed by atoms with van der Waals surface area (Å²) in [4.78, 5) is 0. The van der Waals surface area contributed by atoms with E-state index in [1.165, 1.54) is 0 Å². The van der Waals surface area contributed by atoms with E-state index in [2.05, 4.69) is 10.2 Å². The van der Waals surface area contributed by atoms with Gasteiger partial charge in [-0.25, -0.2) is 0 Å². The third-order valence-electron chi connectivity index (χ3n) is 1.71. The van der Waals surface area contributed by atoms with E-state index in [4.69, 9.17) is 16.3 Å². The van der Waals surface area contributed by atoms with Gasteiger partial charge in [-0.1, -0.05) is 11.6 Å². The van der Waals surface area contributed by atoms with Gasteiger partial charge in [-0.05, 0) is 12.1 Å². The van der Waals surface area contributed by atoms with Crippen LogP contribution in [0.1, 0.15) is 5.82 Å². The highest BCUT2D eigenvalue weighted by Gasteiger charge is 2.03. The Bertz CT molecular complexity index is 426. The van der Waals surface area contributed by atoms with Crippen LogP contribution in [0.5, 0.6) is 0 Å². The fourth-order valence-electron chi connectivity index (χ4n) is 1.14. The van der Waals surface area contributed by atoms with Crippen LogP contribution in [-0.2, 0) is 11.3 Å². The molecule has 2 aromatic rings. The number of methoxy groups -OCH3 is 1. The molecule has 4 nitrogen and oxygen atoms in total. The Morgan fingerprint density at radius 3 is 3.08 bits per heavy atom. The van der Waals surface area contributed by atoms with E-state index >= 15 is 0 Å². The number of hydrogen-bond acceptors (Lipinski definition) is 3. The number of rotatable bonds is 2. The van der Waals surface area contributed by atoms with E-state index in [0.717, 1.165) is 11.5 Å². The van der Waals surface area contributed by atoms with Crippen LogP contribution in [0.25, 0.3) is 5.65 Å². The van der Waals surface area contributed by atoms with Crippen LogP contribution in [-0.4, -0.2) is 21.7 Å². The lowest BCUT2D eigenvalue weighted by molar-refractivity contribution is 0.177. The number of pyridine rings is 1. The number of hydrogen-bond donors (Lipinski definition) is 0. The molecule has 0 saturated carbocycles. The zero-order valence-electron chi connectivity index (χ0n) is 7.07. The highest BCUT2D eigenvalue weighted by atomic mass is 35.5. The molecule has 0 N–H and O–H groups in total. The van der Waals surface area contributed by atoms with Crippen LogP contribution in [0.15, 0.2) is 18.3 Å². The van der Waals surface area contributed by atoms with Crippen LogP contribution in [0, 0.1) is 0 Å². The largest absolute Gasteiger partial charge is 0.377 e. The first-order chi connectivity index (χ1) is 6.31. The summed E-state index contributed by atoms with van der Waals surface area (Å²) in [6, 6.07) is 3.59. The van der Waals surface area contributed by atoms with E-state index in [-0.39, 0.29) is 0 Å². The standard InChI is InChI=1S/C8H8ClN3O/c1-13-5-8-11-10-7-3-2-6(9)4-12(7)8/h2-4H,5H2,1H3. The fraction of sp³-hybridized carbons (Fsp3) is 0.250. The first kappa shape index (κ1) is 8.47. The molecule has 0 aliphatic carbocycles. The molecule has 0 aliphatic heterocycles. The molecule has 13 heavy (non-hydrogen) atoms. The van der Waals surface area contributed by atoms with Gasteiger partial charge in [0, 0.05) is 13.3 Å². The van der Waals surface area contributed by atoms with E-state index in [1.807, 2.05) is 10.5 Å². The summed E-state index contributed by atoms with van der Waals surface area (Å²) in [7, 11) is 1.62. The summed E-state index contributed by atoms with van der Waals surface area (Å²) in [5, 5.41) is 8.57. The number of fused-ring (bicyclic) bond motifs is 1. The highest BCUT2D eigenvalue weighted by Crippen LogP contribution is 2.11. The fourth-order valence-corrected chi connectivity index (χ4v) is 1.30. The maximum atomic E-state index is 5.83. The van der Waals surface area contributed by atoms with Gasteiger partial charge in [-0.2, -0.15) is 0 Å². The van der Waals surface area contributed by atoms with Crippen molar-refractivity contribution in [1.82, 2.24) is 14.6 Å². The van der Waals surface area contributed by atoms with Crippen molar-refractivity contribution in [3.8, 4) is 0 Å². The average molecular weight is 198 g/mol. The SMILES string of the molecule is COCc1nnc2ccc(Cl)cn12. The van der Waals surface area contributed by atoms with Crippen LogP contribution in [0.3, 0.4) is 0 Å². The predicted molar refractivity (Wildman–Crippen MR) is 48.7 cm³/mol. The van der Waals surface area contributed by atoms with Crippen LogP contribution >= 0.6 is 11.6 Å². The van der Waals surface area contributed by atoms with Crippen molar-refractivity contribution < 1.29 is 4.74 Å². The van der Waals surface area contributed by atoms with Gasteiger partial charge in [-0.3, -0.25) is 4.40 Å². The Hall–Kier alpha value is -1.13. The summed E-state index contributed by atoms with van der Waals surface area (Å²) in [6.07, 6.45) is 1.77. The zero-order valence-corrected chi connectivity index (χ0v) is 7.82. The summed E-state index contributed by atoms with van der Waals surface area (Å²) >= 11 is 5.83. The smallest absolute Gasteiger partial charge is 0.163 e. The second-order valence-corrected chi connectivity index (χ2v) is 3.06. The van der Waals surface area contributed by atoms with Gasteiger partial charge in [0.05, 0.1) is 5.02 Å². The van der Waals surface area contributed by atoms with Crippen molar-refractivity contribution in [1.29, 1.82) is 0 Å². The second-order valence-electron chi connectivity index (χ2n) is 2.62. The molecule has 5 heteroatoms. The average Bonchev–Trinajstić information content (AvgIpc) is 2.49. The molecule has 0 aromatic carbocycles. The molecule has 0 saturated heterocycles. The number of aromatic nitrogens is 3. The molecule has 68 valence electrons. The van der Waals surface area contributed by atoms with Gasteiger partial charge in [-0.15, -0.1) is 10.2 Å². The lowest BCUT2D eigenvalue weighted by Crippen LogP contribution is -1.95. The molecule has 0 unspecified atom stereocenters. The summed E-state index contributed by atoms with van der Waals surface area (Å²) < 4.78 is 6.78. The summed E-state index contributed by atoms with van der Waals surface area (Å²) in [6.45, 7) is 0.432. The minimum atomic E-state index is 0.432. The molecule has 2 heterocycles. The third kappa shape index (κ3) is 1.50. The quantitative estimate of drug-likeness (QED) is 0.733. The lowest BCUT2D eigenvalue weighted by atomic mass is 10.4. The molecule has 2 rings (SSSR count). The topological polar surface area (TPSA) is 39.4 Å². The molecule has 2 aromatic heterocycles. The normalized spacial score (nSPS) is 10.9. The van der Waals surface area contributed by atoms with Gasteiger partial charge in [0.15, 0.2) is 11.5 Å². The Labute approximate surface area is 80.1 Å². The Kier molecular flexibility index (Phi) is 2.16. The van der Waals surface area contributed by atoms with Crippen molar-refractivity contribution in [3.05, 3.63) is 29.2 Å². The van der Waals surface area contributed by atoms with Gasteiger partial charge < -0.3 is 4.74 Å². The Morgan fingerprint density at radius 1 is 1.46 bits per heavy atom. The molecular formula is C8H8ClN3O. The molecule has 0 amide bonds. The van der Waals surface area contributed by atoms with Crippen molar-refractivity contribution in [2.24, 2.45) is 0 Å². The molecule has 0 aliphatic rings. The second kappa shape index (κ2) is 3.32. The van der Waals surface area contributed by atoms with Crippen LogP contribution in [0.4, 0.5) is 0 Å². The first-order valence-corrected chi connectivity index (χ1v) is 4.17. The minimum absolute atomic E-state index is 0.432. The lowest BCUT2D eigenvalue weighted by Gasteiger charge is -1.97. The van der Waals surface area contributed by atoms with Crippen molar-refractivity contribution in [2.45, 2.75) is 6.61 Å². The van der Waals surface area contributed by atoms with Crippen molar-refractivity contribution >= 4 is 17.2 Å². The highest BCUT2D eigenvalue weighted by molar-refractivity contribution is 6.30. The molecule has 0 spiro atoms. The molecule has 0 fully saturated rings. The first-order valence-electron chi connectivity index (χ1n) is 3.79. The summed E-state index contributed by atoms with van der Waals surface area (Å²) in [5.41, 5.74) is 0.774. The molecular weight excluding hydrogens is 190 g/mol. The van der Waals surface area contributed by atoms with Gasteiger partial charge in [0.25, 0.3) is 0 Å². The Morgan fingerprint density at radius 2 is 2.31 bits per heavy atom. The van der Waals surface area contributed by atoms with E-state index in [9.17, 15) is 0 Å². The van der Waals surface area contributed by atoms with Crippen molar-refractivity contribution in [2.75, 3.05) is 7.11 Å². The van der Waals surface area contributed by atoms with E-state index in [0.29, 0.717) is 11.6 Å². The van der Waals surface area contributed by atoms with Crippen LogP contribution in [0.2, 0.25) is 5.02 Å². The number of nitrogens with zero attached hydrogens (tertiary/aromatic N) is 3. The zero-order chi connectivity index (χ0) is 9.26. The van der Waals surface area contributed by atoms with Gasteiger partial charge >= 0.3 is 0 Å². The number of halogens is 1. The van der Waals surface area contributed by atoms with Crippen LogP contribution < -0.4 is 0 Å². The maximum Gasteiger partial charge on any atom is 0.163 e. The van der Waals surface area contributed by atoms with Gasteiger partial charge in [0.2, 0.25) is 0 Å². The van der Waals surface area contributed by atoms with E-state index in [1.54, 1.807) is 19.4 Å². The Balaban J connectivity index is 2.58. The molecule has 0 atom stereocenters. The predicted octanol–water partition coefficient (Wildman–Crippen LogP) is 1.53. The summed E-state index contributed by atoms with van der Waals surface area (Å²) in [5.74, 6) is 0.750. The third-order valence-corrected chi connectivity index (χ3v) is 1.93. The molecule has 0 bridgehead atoms. The maximum absolute atomic E-state index is 5.83. The monoisotopic (exact) mass is 197 g/mol.